The molecule has 4 nitrogen and oxygen atoms in total. The van der Waals surface area contributed by atoms with Gasteiger partial charge in [-0.1, -0.05) is 12.1 Å². The van der Waals surface area contributed by atoms with Gasteiger partial charge in [0, 0.05) is 38.1 Å². The Morgan fingerprint density at radius 2 is 1.80 bits per heavy atom. The van der Waals surface area contributed by atoms with Crippen LogP contribution >= 0.6 is 11.6 Å². The predicted octanol–water partition coefficient (Wildman–Crippen LogP) is 2.77. The van der Waals surface area contributed by atoms with Crippen molar-refractivity contribution >= 4 is 23.1 Å². The van der Waals surface area contributed by atoms with Crippen LogP contribution in [0, 0.1) is 6.92 Å². The molecule has 104 valence electrons. The topological polar surface area (TPSA) is 32.3 Å². The number of aryl methyl sites for hydroxylation is 1. The number of anilines is 2. The van der Waals surface area contributed by atoms with Gasteiger partial charge in [-0.15, -0.1) is 0 Å². The van der Waals surface area contributed by atoms with E-state index in [-0.39, 0.29) is 0 Å². The second-order valence-corrected chi connectivity index (χ2v) is 5.34. The molecule has 2 heterocycles. The van der Waals surface area contributed by atoms with Crippen LogP contribution in [0.4, 0.5) is 11.5 Å². The monoisotopic (exact) mass is 288 g/mol. The summed E-state index contributed by atoms with van der Waals surface area (Å²) in [7, 11) is 0. The summed E-state index contributed by atoms with van der Waals surface area (Å²) in [6, 6.07) is 10.6. The van der Waals surface area contributed by atoms with Crippen LogP contribution in [0.3, 0.4) is 0 Å². The van der Waals surface area contributed by atoms with Gasteiger partial charge in [0.1, 0.15) is 5.82 Å². The summed E-state index contributed by atoms with van der Waals surface area (Å²) in [5.74, 6) is 0.911. The minimum atomic E-state index is 0.309. The first-order valence-corrected chi connectivity index (χ1v) is 7.15. The van der Waals surface area contributed by atoms with Crippen LogP contribution in [0.15, 0.2) is 36.5 Å². The minimum absolute atomic E-state index is 0.309. The van der Waals surface area contributed by atoms with Gasteiger partial charge in [0.2, 0.25) is 5.28 Å². The maximum atomic E-state index is 5.85. The van der Waals surface area contributed by atoms with Crippen LogP contribution in [0.2, 0.25) is 5.28 Å². The summed E-state index contributed by atoms with van der Waals surface area (Å²) < 4.78 is 0. The van der Waals surface area contributed by atoms with Crippen LogP contribution < -0.4 is 9.80 Å². The standard InChI is InChI=1S/C15H17ClN4/c1-12-3-2-4-13(11-12)19-7-9-20(10-8-19)14-5-6-17-15(16)18-14/h2-6,11H,7-10H2,1H3. The highest BCUT2D eigenvalue weighted by Gasteiger charge is 2.18. The highest BCUT2D eigenvalue weighted by molar-refractivity contribution is 6.28. The summed E-state index contributed by atoms with van der Waals surface area (Å²) in [5.41, 5.74) is 2.60. The zero-order chi connectivity index (χ0) is 13.9. The van der Waals surface area contributed by atoms with E-state index >= 15 is 0 Å². The molecule has 0 bridgehead atoms. The molecule has 0 amide bonds. The van der Waals surface area contributed by atoms with Gasteiger partial charge in [-0.2, -0.15) is 0 Å². The molecule has 0 aliphatic carbocycles. The number of hydrogen-bond acceptors (Lipinski definition) is 4. The Balaban J connectivity index is 1.68. The van der Waals surface area contributed by atoms with Crippen molar-refractivity contribution in [2.75, 3.05) is 36.0 Å². The first kappa shape index (κ1) is 13.2. The first-order valence-electron chi connectivity index (χ1n) is 6.77. The highest BCUT2D eigenvalue weighted by Crippen LogP contribution is 2.20. The van der Waals surface area contributed by atoms with Crippen LogP contribution in [-0.4, -0.2) is 36.1 Å². The van der Waals surface area contributed by atoms with Gasteiger partial charge in [-0.3, -0.25) is 0 Å². The molecule has 0 saturated carbocycles. The third-order valence-corrected chi connectivity index (χ3v) is 3.76. The van der Waals surface area contributed by atoms with E-state index in [1.807, 2.05) is 6.07 Å². The van der Waals surface area contributed by atoms with E-state index in [9.17, 15) is 0 Å². The summed E-state index contributed by atoms with van der Waals surface area (Å²) in [5, 5.41) is 0.309. The number of rotatable bonds is 2. The lowest BCUT2D eigenvalue weighted by atomic mass is 10.2. The summed E-state index contributed by atoms with van der Waals surface area (Å²) >= 11 is 5.85. The van der Waals surface area contributed by atoms with Crippen LogP contribution in [0.1, 0.15) is 5.56 Å². The quantitative estimate of drug-likeness (QED) is 0.796. The van der Waals surface area contributed by atoms with E-state index < -0.39 is 0 Å². The molecule has 1 aromatic carbocycles. The number of halogens is 1. The molecule has 20 heavy (non-hydrogen) atoms. The molecule has 5 heteroatoms. The molecule has 0 spiro atoms. The van der Waals surface area contributed by atoms with E-state index in [4.69, 9.17) is 11.6 Å². The number of nitrogens with zero attached hydrogens (tertiary/aromatic N) is 4. The molecule has 2 aromatic rings. The Hall–Kier alpha value is -1.81. The number of aromatic nitrogens is 2. The molecule has 1 aromatic heterocycles. The highest BCUT2D eigenvalue weighted by atomic mass is 35.5. The van der Waals surface area contributed by atoms with Crippen molar-refractivity contribution in [3.63, 3.8) is 0 Å². The fraction of sp³-hybridized carbons (Fsp3) is 0.333. The van der Waals surface area contributed by atoms with Crippen LogP contribution in [-0.2, 0) is 0 Å². The van der Waals surface area contributed by atoms with Crippen molar-refractivity contribution in [1.82, 2.24) is 9.97 Å². The van der Waals surface area contributed by atoms with Crippen molar-refractivity contribution in [2.45, 2.75) is 6.92 Å². The third kappa shape index (κ3) is 2.85. The van der Waals surface area contributed by atoms with E-state index in [0.717, 1.165) is 32.0 Å². The summed E-state index contributed by atoms with van der Waals surface area (Å²) in [6.45, 7) is 6.00. The SMILES string of the molecule is Cc1cccc(N2CCN(c3ccnc(Cl)n3)CC2)c1. The molecule has 1 aliphatic rings. The van der Waals surface area contributed by atoms with Crippen molar-refractivity contribution in [3.05, 3.63) is 47.4 Å². The molecule has 0 radical (unpaired) electrons. The number of piperazine rings is 1. The predicted molar refractivity (Wildman–Crippen MR) is 82.6 cm³/mol. The molecule has 0 unspecified atom stereocenters. The molecular formula is C15H17ClN4. The first-order chi connectivity index (χ1) is 9.72. The minimum Gasteiger partial charge on any atom is -0.368 e. The molecule has 3 rings (SSSR count). The van der Waals surface area contributed by atoms with Gasteiger partial charge < -0.3 is 9.80 Å². The van der Waals surface area contributed by atoms with Gasteiger partial charge in [0.15, 0.2) is 0 Å². The lowest BCUT2D eigenvalue weighted by molar-refractivity contribution is 0.646. The zero-order valence-corrected chi connectivity index (χ0v) is 12.2. The molecule has 1 fully saturated rings. The lowest BCUT2D eigenvalue weighted by Crippen LogP contribution is -2.46. The van der Waals surface area contributed by atoms with E-state index in [1.165, 1.54) is 11.3 Å². The molecule has 0 atom stereocenters. The Kier molecular flexibility index (Phi) is 3.74. The Morgan fingerprint density at radius 1 is 1.05 bits per heavy atom. The van der Waals surface area contributed by atoms with Gasteiger partial charge in [0.25, 0.3) is 0 Å². The molecule has 1 saturated heterocycles. The number of hydrogen-bond donors (Lipinski definition) is 0. The lowest BCUT2D eigenvalue weighted by Gasteiger charge is -2.36. The van der Waals surface area contributed by atoms with Crippen molar-refractivity contribution in [3.8, 4) is 0 Å². The fourth-order valence-electron chi connectivity index (χ4n) is 2.52. The summed E-state index contributed by atoms with van der Waals surface area (Å²) in [6.07, 6.45) is 1.71. The maximum Gasteiger partial charge on any atom is 0.224 e. The second-order valence-electron chi connectivity index (χ2n) is 5.00. The van der Waals surface area contributed by atoms with Crippen LogP contribution in [0.25, 0.3) is 0 Å². The molecule has 1 aliphatic heterocycles. The van der Waals surface area contributed by atoms with E-state index in [0.29, 0.717) is 5.28 Å². The second kappa shape index (κ2) is 5.67. The largest absolute Gasteiger partial charge is 0.368 e. The Labute approximate surface area is 124 Å². The average molecular weight is 289 g/mol. The maximum absolute atomic E-state index is 5.85. The van der Waals surface area contributed by atoms with Crippen LogP contribution in [0.5, 0.6) is 0 Å². The third-order valence-electron chi connectivity index (χ3n) is 3.58. The van der Waals surface area contributed by atoms with E-state index in [1.54, 1.807) is 6.20 Å². The molecular weight excluding hydrogens is 272 g/mol. The molecule has 0 N–H and O–H groups in total. The fourth-order valence-corrected chi connectivity index (χ4v) is 2.66. The van der Waals surface area contributed by atoms with Gasteiger partial charge in [-0.25, -0.2) is 9.97 Å². The smallest absolute Gasteiger partial charge is 0.224 e. The zero-order valence-electron chi connectivity index (χ0n) is 11.5. The summed E-state index contributed by atoms with van der Waals surface area (Å²) in [4.78, 5) is 12.9. The normalized spacial score (nSPS) is 15.5. The Morgan fingerprint density at radius 3 is 2.50 bits per heavy atom. The number of benzene rings is 1. The van der Waals surface area contributed by atoms with Gasteiger partial charge in [-0.05, 0) is 42.3 Å². The Bertz CT molecular complexity index is 540. The van der Waals surface area contributed by atoms with Crippen molar-refractivity contribution < 1.29 is 0 Å². The van der Waals surface area contributed by atoms with E-state index in [2.05, 4.69) is 51.0 Å². The average Bonchev–Trinajstić information content (AvgIpc) is 2.47. The van der Waals surface area contributed by atoms with Crippen molar-refractivity contribution in [1.29, 1.82) is 0 Å². The van der Waals surface area contributed by atoms with Gasteiger partial charge >= 0.3 is 0 Å². The van der Waals surface area contributed by atoms with Gasteiger partial charge in [0.05, 0.1) is 0 Å². The van der Waals surface area contributed by atoms with Crippen molar-refractivity contribution in [2.24, 2.45) is 0 Å².